The van der Waals surface area contributed by atoms with Crippen molar-refractivity contribution in [3.8, 4) is 0 Å². The van der Waals surface area contributed by atoms with Crippen molar-refractivity contribution in [2.45, 2.75) is 49.9 Å². The summed E-state index contributed by atoms with van der Waals surface area (Å²) in [6, 6.07) is 0. The molecule has 1 aliphatic rings. The van der Waals surface area contributed by atoms with Crippen LogP contribution < -0.4 is 0 Å². The summed E-state index contributed by atoms with van der Waals surface area (Å²) in [6.45, 7) is 5.28. The van der Waals surface area contributed by atoms with E-state index in [0.717, 1.165) is 0 Å². The molecule has 1 rings (SSSR count). The van der Waals surface area contributed by atoms with Crippen LogP contribution in [0.25, 0.3) is 0 Å². The van der Waals surface area contributed by atoms with Crippen LogP contribution in [0.5, 0.6) is 0 Å². The highest BCUT2D eigenvalue weighted by Crippen LogP contribution is 2.25. The Balaban J connectivity index is 2.47. The van der Waals surface area contributed by atoms with Gasteiger partial charge in [0.2, 0.25) is 0 Å². The molecule has 4 heteroatoms. The fourth-order valence-electron chi connectivity index (χ4n) is 1.86. The standard InChI is InChI=1S/C10H18O3S/c1-2-3-8-14(12,13)10-6-4-9(11)5-7-10/h1,9-11H,2-8H2. The second-order valence-corrected chi connectivity index (χ2v) is 6.34. The van der Waals surface area contributed by atoms with Gasteiger partial charge in [0.1, 0.15) is 0 Å². The lowest BCUT2D eigenvalue weighted by atomic mass is 9.97. The molecule has 14 heavy (non-hydrogen) atoms. The molecule has 2 radical (unpaired) electrons. The molecule has 0 saturated heterocycles. The summed E-state index contributed by atoms with van der Waals surface area (Å²) in [4.78, 5) is 0. The minimum atomic E-state index is -2.96. The van der Waals surface area contributed by atoms with E-state index in [-0.39, 0.29) is 17.1 Å². The van der Waals surface area contributed by atoms with E-state index < -0.39 is 9.84 Å². The number of sulfone groups is 1. The van der Waals surface area contributed by atoms with Crippen molar-refractivity contribution in [2.24, 2.45) is 0 Å². The Morgan fingerprint density at radius 2 is 1.79 bits per heavy atom. The molecule has 0 amide bonds. The van der Waals surface area contributed by atoms with Gasteiger partial charge in [-0.25, -0.2) is 8.42 Å². The van der Waals surface area contributed by atoms with Gasteiger partial charge in [0, 0.05) is 0 Å². The van der Waals surface area contributed by atoms with Gasteiger partial charge >= 0.3 is 0 Å². The number of aliphatic hydroxyl groups excluding tert-OH is 1. The molecule has 0 bridgehead atoms. The second kappa shape index (κ2) is 5.12. The molecular formula is C10H18O3S. The summed E-state index contributed by atoms with van der Waals surface area (Å²) in [6.07, 6.45) is 3.12. The highest BCUT2D eigenvalue weighted by atomic mass is 32.2. The molecule has 0 atom stereocenters. The summed E-state index contributed by atoms with van der Waals surface area (Å²) >= 11 is 0. The van der Waals surface area contributed by atoms with E-state index in [1.807, 2.05) is 0 Å². The summed E-state index contributed by atoms with van der Waals surface area (Å²) < 4.78 is 23.4. The van der Waals surface area contributed by atoms with E-state index in [0.29, 0.717) is 38.5 Å². The van der Waals surface area contributed by atoms with E-state index in [2.05, 4.69) is 0 Å². The number of hydrogen-bond acceptors (Lipinski definition) is 3. The number of hydrogen-bond donors (Lipinski definition) is 1. The molecule has 1 fully saturated rings. The zero-order valence-electron chi connectivity index (χ0n) is 8.35. The fourth-order valence-corrected chi connectivity index (χ4v) is 3.75. The Hall–Kier alpha value is -0.0900. The van der Waals surface area contributed by atoms with Gasteiger partial charge in [-0.15, -0.1) is 0 Å². The zero-order chi connectivity index (χ0) is 10.6. The molecule has 0 aromatic heterocycles. The topological polar surface area (TPSA) is 54.4 Å². The van der Waals surface area contributed by atoms with E-state index >= 15 is 0 Å². The van der Waals surface area contributed by atoms with Crippen molar-refractivity contribution in [1.29, 1.82) is 0 Å². The summed E-state index contributed by atoms with van der Waals surface area (Å²) in [5.41, 5.74) is 0. The van der Waals surface area contributed by atoms with Gasteiger partial charge in [0.05, 0.1) is 17.1 Å². The Kier molecular flexibility index (Phi) is 4.38. The molecule has 0 aliphatic heterocycles. The number of rotatable bonds is 4. The Morgan fingerprint density at radius 3 is 2.29 bits per heavy atom. The lowest BCUT2D eigenvalue weighted by Crippen LogP contribution is -2.30. The summed E-state index contributed by atoms with van der Waals surface area (Å²) in [5, 5.41) is 9.02. The molecule has 0 aromatic carbocycles. The van der Waals surface area contributed by atoms with Gasteiger partial charge in [0.25, 0.3) is 0 Å². The molecule has 0 spiro atoms. The Bertz CT molecular complexity index is 251. The van der Waals surface area contributed by atoms with Crippen LogP contribution in [0.1, 0.15) is 38.5 Å². The minimum absolute atomic E-state index is 0.199. The van der Waals surface area contributed by atoms with Gasteiger partial charge in [0.15, 0.2) is 9.84 Å². The van der Waals surface area contributed by atoms with Crippen molar-refractivity contribution in [3.05, 3.63) is 6.92 Å². The van der Waals surface area contributed by atoms with Crippen LogP contribution in [0.4, 0.5) is 0 Å². The molecule has 0 unspecified atom stereocenters. The van der Waals surface area contributed by atoms with E-state index in [1.54, 1.807) is 0 Å². The first-order valence-corrected chi connectivity index (χ1v) is 6.87. The van der Waals surface area contributed by atoms with Crippen molar-refractivity contribution in [1.82, 2.24) is 0 Å². The smallest absolute Gasteiger partial charge is 0.153 e. The SMILES string of the molecule is [CH]CCCS(=O)(=O)C1CCC(O)CC1. The molecular weight excluding hydrogens is 200 g/mol. The molecule has 3 nitrogen and oxygen atoms in total. The van der Waals surface area contributed by atoms with Crippen LogP contribution in [-0.2, 0) is 9.84 Å². The third-order valence-electron chi connectivity index (χ3n) is 2.78. The quantitative estimate of drug-likeness (QED) is 0.771. The molecule has 1 aliphatic carbocycles. The van der Waals surface area contributed by atoms with Gasteiger partial charge in [-0.2, -0.15) is 0 Å². The highest BCUT2D eigenvalue weighted by molar-refractivity contribution is 7.92. The fraction of sp³-hybridized carbons (Fsp3) is 0.900. The predicted octanol–water partition coefficient (Wildman–Crippen LogP) is 1.20. The predicted molar refractivity (Wildman–Crippen MR) is 55.6 cm³/mol. The lowest BCUT2D eigenvalue weighted by molar-refractivity contribution is 0.131. The number of aliphatic hydroxyl groups is 1. The average Bonchev–Trinajstić information content (AvgIpc) is 2.16. The Morgan fingerprint density at radius 1 is 1.21 bits per heavy atom. The van der Waals surface area contributed by atoms with Crippen LogP contribution >= 0.6 is 0 Å². The molecule has 82 valence electrons. The zero-order valence-corrected chi connectivity index (χ0v) is 9.17. The molecule has 0 aromatic rings. The van der Waals surface area contributed by atoms with Crippen LogP contribution in [0.3, 0.4) is 0 Å². The van der Waals surface area contributed by atoms with Gasteiger partial charge in [-0.1, -0.05) is 0 Å². The van der Waals surface area contributed by atoms with Crippen LogP contribution in [0.2, 0.25) is 0 Å². The van der Waals surface area contributed by atoms with Crippen molar-refractivity contribution in [2.75, 3.05) is 5.75 Å². The average molecular weight is 218 g/mol. The summed E-state index contributed by atoms with van der Waals surface area (Å²) in [7, 11) is -2.96. The van der Waals surface area contributed by atoms with Crippen molar-refractivity contribution < 1.29 is 13.5 Å². The monoisotopic (exact) mass is 218 g/mol. The molecule has 1 saturated carbocycles. The minimum Gasteiger partial charge on any atom is -0.393 e. The van der Waals surface area contributed by atoms with Gasteiger partial charge in [-0.3, -0.25) is 0 Å². The third-order valence-corrected chi connectivity index (χ3v) is 5.13. The van der Waals surface area contributed by atoms with E-state index in [4.69, 9.17) is 6.92 Å². The maximum atomic E-state index is 11.7. The van der Waals surface area contributed by atoms with Gasteiger partial charge < -0.3 is 5.11 Å². The van der Waals surface area contributed by atoms with E-state index in [9.17, 15) is 13.5 Å². The molecule has 1 N–H and O–H groups in total. The van der Waals surface area contributed by atoms with Gasteiger partial charge in [-0.05, 0) is 45.4 Å². The van der Waals surface area contributed by atoms with Crippen LogP contribution in [-0.4, -0.2) is 30.6 Å². The van der Waals surface area contributed by atoms with Crippen molar-refractivity contribution >= 4 is 9.84 Å². The molecule has 0 heterocycles. The Labute approximate surface area is 86.4 Å². The summed E-state index contributed by atoms with van der Waals surface area (Å²) in [5.74, 6) is 0.199. The maximum Gasteiger partial charge on any atom is 0.153 e. The highest BCUT2D eigenvalue weighted by Gasteiger charge is 2.29. The number of unbranched alkanes of at least 4 members (excludes halogenated alkanes) is 1. The van der Waals surface area contributed by atoms with E-state index in [1.165, 1.54) is 0 Å². The largest absolute Gasteiger partial charge is 0.393 e. The first kappa shape index (κ1) is 12.0. The first-order valence-electron chi connectivity index (χ1n) is 5.16. The normalized spacial score (nSPS) is 29.0. The first-order chi connectivity index (χ1) is 6.56. The maximum absolute atomic E-state index is 11.7. The van der Waals surface area contributed by atoms with Crippen LogP contribution in [0.15, 0.2) is 0 Å². The third kappa shape index (κ3) is 3.24. The lowest BCUT2D eigenvalue weighted by Gasteiger charge is -2.25. The van der Waals surface area contributed by atoms with Crippen LogP contribution in [0, 0.1) is 6.92 Å². The second-order valence-electron chi connectivity index (χ2n) is 3.94. The van der Waals surface area contributed by atoms with Crippen molar-refractivity contribution in [3.63, 3.8) is 0 Å².